The van der Waals surface area contributed by atoms with Crippen LogP contribution in [0.5, 0.6) is 0 Å². The van der Waals surface area contributed by atoms with Crippen LogP contribution >= 0.6 is 0 Å². The van der Waals surface area contributed by atoms with Crippen molar-refractivity contribution in [2.45, 2.75) is 5.92 Å². The van der Waals surface area contributed by atoms with Gasteiger partial charge in [0.2, 0.25) is 0 Å². The molecule has 1 unspecified atom stereocenters. The quantitative estimate of drug-likeness (QED) is 0.771. The number of carboxylic acids is 1. The van der Waals surface area contributed by atoms with Crippen molar-refractivity contribution in [3.05, 3.63) is 54.0 Å². The van der Waals surface area contributed by atoms with E-state index >= 15 is 0 Å². The van der Waals surface area contributed by atoms with E-state index < -0.39 is 11.9 Å². The van der Waals surface area contributed by atoms with Crippen molar-refractivity contribution in [3.63, 3.8) is 0 Å². The maximum atomic E-state index is 11.2. The molecule has 0 fully saturated rings. The molecule has 0 aliphatic carbocycles. The molecular formula is C12H11NO3. The van der Waals surface area contributed by atoms with Crippen LogP contribution < -0.4 is 5.73 Å². The van der Waals surface area contributed by atoms with Gasteiger partial charge in [0, 0.05) is 5.69 Å². The summed E-state index contributed by atoms with van der Waals surface area (Å²) >= 11 is 0. The zero-order chi connectivity index (χ0) is 11.5. The number of benzene rings is 1. The number of hydrogen-bond donors (Lipinski definition) is 2. The molecule has 0 bridgehead atoms. The third kappa shape index (κ3) is 1.91. The van der Waals surface area contributed by atoms with Gasteiger partial charge < -0.3 is 15.3 Å². The van der Waals surface area contributed by atoms with E-state index in [4.69, 9.17) is 10.2 Å². The van der Waals surface area contributed by atoms with Crippen molar-refractivity contribution in [1.82, 2.24) is 0 Å². The first-order valence-corrected chi connectivity index (χ1v) is 4.80. The first-order chi connectivity index (χ1) is 7.68. The van der Waals surface area contributed by atoms with Gasteiger partial charge in [-0.3, -0.25) is 4.79 Å². The molecule has 4 nitrogen and oxygen atoms in total. The Kier molecular flexibility index (Phi) is 2.64. The minimum Gasteiger partial charge on any atom is -0.480 e. The molecule has 0 amide bonds. The first-order valence-electron chi connectivity index (χ1n) is 4.80. The van der Waals surface area contributed by atoms with E-state index in [0.717, 1.165) is 0 Å². The maximum Gasteiger partial charge on any atom is 0.318 e. The van der Waals surface area contributed by atoms with Gasteiger partial charge in [-0.25, -0.2) is 0 Å². The highest BCUT2D eigenvalue weighted by atomic mass is 16.4. The molecule has 0 radical (unpaired) electrons. The topological polar surface area (TPSA) is 76.5 Å². The average molecular weight is 217 g/mol. The van der Waals surface area contributed by atoms with E-state index in [1.165, 1.54) is 6.26 Å². The molecule has 1 aromatic carbocycles. The number of nitrogen functional groups attached to an aromatic ring is 1. The van der Waals surface area contributed by atoms with Crippen LogP contribution in [0.25, 0.3) is 0 Å². The van der Waals surface area contributed by atoms with Crippen LogP contribution in [0.1, 0.15) is 17.2 Å². The predicted molar refractivity (Wildman–Crippen MR) is 59.0 cm³/mol. The highest BCUT2D eigenvalue weighted by Crippen LogP contribution is 2.25. The van der Waals surface area contributed by atoms with Crippen LogP contribution in [0.3, 0.4) is 0 Å². The fourth-order valence-electron chi connectivity index (χ4n) is 1.57. The third-order valence-corrected chi connectivity index (χ3v) is 2.34. The summed E-state index contributed by atoms with van der Waals surface area (Å²) in [5.41, 5.74) is 6.80. The van der Waals surface area contributed by atoms with Crippen LogP contribution in [-0.2, 0) is 4.79 Å². The molecule has 1 heterocycles. The number of carbonyl (C=O) groups is 1. The zero-order valence-electron chi connectivity index (χ0n) is 8.46. The van der Waals surface area contributed by atoms with Gasteiger partial charge in [0.05, 0.1) is 6.26 Å². The van der Waals surface area contributed by atoms with Crippen molar-refractivity contribution in [2.24, 2.45) is 0 Å². The summed E-state index contributed by atoms with van der Waals surface area (Å²) in [5, 5.41) is 9.18. The van der Waals surface area contributed by atoms with Crippen LogP contribution in [0.2, 0.25) is 0 Å². The van der Waals surface area contributed by atoms with E-state index in [2.05, 4.69) is 0 Å². The summed E-state index contributed by atoms with van der Waals surface area (Å²) in [6, 6.07) is 10.0. The summed E-state index contributed by atoms with van der Waals surface area (Å²) in [6.07, 6.45) is 1.46. The third-order valence-electron chi connectivity index (χ3n) is 2.34. The van der Waals surface area contributed by atoms with Gasteiger partial charge in [-0.05, 0) is 29.8 Å². The minimum absolute atomic E-state index is 0.414. The number of aliphatic carboxylic acids is 1. The van der Waals surface area contributed by atoms with Gasteiger partial charge in [0.25, 0.3) is 0 Å². The Balaban J connectivity index is 2.41. The largest absolute Gasteiger partial charge is 0.480 e. The summed E-state index contributed by atoms with van der Waals surface area (Å²) in [4.78, 5) is 11.2. The lowest BCUT2D eigenvalue weighted by Gasteiger charge is -2.09. The Morgan fingerprint density at radius 2 is 1.94 bits per heavy atom. The zero-order valence-corrected chi connectivity index (χ0v) is 8.46. The van der Waals surface area contributed by atoms with E-state index in [0.29, 0.717) is 17.0 Å². The van der Waals surface area contributed by atoms with Gasteiger partial charge in [-0.1, -0.05) is 12.1 Å². The highest BCUT2D eigenvalue weighted by molar-refractivity contribution is 5.79. The molecule has 0 aliphatic rings. The Bertz CT molecular complexity index is 473. The monoisotopic (exact) mass is 217 g/mol. The number of hydrogen-bond acceptors (Lipinski definition) is 3. The molecule has 0 saturated heterocycles. The van der Waals surface area contributed by atoms with Crippen molar-refractivity contribution in [1.29, 1.82) is 0 Å². The van der Waals surface area contributed by atoms with Gasteiger partial charge >= 0.3 is 5.97 Å². The molecule has 0 aliphatic heterocycles. The molecule has 2 aromatic rings. The molecule has 82 valence electrons. The molecule has 4 heteroatoms. The van der Waals surface area contributed by atoms with Crippen molar-refractivity contribution < 1.29 is 14.3 Å². The SMILES string of the molecule is Nc1ccc(C(C(=O)O)c2ccco2)cc1. The Morgan fingerprint density at radius 3 is 2.44 bits per heavy atom. The highest BCUT2D eigenvalue weighted by Gasteiger charge is 2.24. The molecule has 1 atom stereocenters. The second-order valence-corrected chi connectivity index (χ2v) is 3.45. The van der Waals surface area contributed by atoms with Crippen LogP contribution in [-0.4, -0.2) is 11.1 Å². The van der Waals surface area contributed by atoms with Crippen LogP contribution in [0.4, 0.5) is 5.69 Å². The fraction of sp³-hybridized carbons (Fsp3) is 0.0833. The molecule has 2 rings (SSSR count). The van der Waals surface area contributed by atoms with Gasteiger partial charge in [-0.15, -0.1) is 0 Å². The molecule has 1 aromatic heterocycles. The second-order valence-electron chi connectivity index (χ2n) is 3.45. The molecule has 0 spiro atoms. The average Bonchev–Trinajstić information content (AvgIpc) is 2.74. The Morgan fingerprint density at radius 1 is 1.25 bits per heavy atom. The fourth-order valence-corrected chi connectivity index (χ4v) is 1.57. The van der Waals surface area contributed by atoms with Crippen molar-refractivity contribution in [2.75, 3.05) is 5.73 Å². The van der Waals surface area contributed by atoms with Crippen molar-refractivity contribution in [3.8, 4) is 0 Å². The van der Waals surface area contributed by atoms with E-state index in [-0.39, 0.29) is 0 Å². The second kappa shape index (κ2) is 4.10. The van der Waals surface area contributed by atoms with Crippen LogP contribution in [0.15, 0.2) is 47.1 Å². The Hall–Kier alpha value is -2.23. The Labute approximate surface area is 92.3 Å². The number of furan rings is 1. The standard InChI is InChI=1S/C12H11NO3/c13-9-5-3-8(4-6-9)11(12(14)15)10-2-1-7-16-10/h1-7,11H,13H2,(H,14,15). The van der Waals surface area contributed by atoms with Gasteiger partial charge in [0.1, 0.15) is 11.7 Å². The molecule has 16 heavy (non-hydrogen) atoms. The van der Waals surface area contributed by atoms with Crippen molar-refractivity contribution >= 4 is 11.7 Å². The molecule has 0 saturated carbocycles. The lowest BCUT2D eigenvalue weighted by atomic mass is 9.96. The molecule has 3 N–H and O–H groups in total. The lowest BCUT2D eigenvalue weighted by Crippen LogP contribution is -2.12. The number of anilines is 1. The predicted octanol–water partition coefficient (Wildman–Crippen LogP) is 2.08. The van der Waals surface area contributed by atoms with E-state index in [1.54, 1.807) is 36.4 Å². The molecular weight excluding hydrogens is 206 g/mol. The van der Waals surface area contributed by atoms with E-state index in [1.807, 2.05) is 0 Å². The summed E-state index contributed by atoms with van der Waals surface area (Å²) in [6.45, 7) is 0. The lowest BCUT2D eigenvalue weighted by molar-refractivity contribution is -0.138. The van der Waals surface area contributed by atoms with Crippen LogP contribution in [0, 0.1) is 0 Å². The number of nitrogens with two attached hydrogens (primary N) is 1. The van der Waals surface area contributed by atoms with Gasteiger partial charge in [0.15, 0.2) is 0 Å². The first kappa shape index (κ1) is 10.3. The number of carboxylic acid groups (broad SMARTS) is 1. The summed E-state index contributed by atoms with van der Waals surface area (Å²) in [5.74, 6) is -1.31. The number of rotatable bonds is 3. The summed E-state index contributed by atoms with van der Waals surface area (Å²) < 4.78 is 5.13. The van der Waals surface area contributed by atoms with Gasteiger partial charge in [-0.2, -0.15) is 0 Å². The maximum absolute atomic E-state index is 11.2. The smallest absolute Gasteiger partial charge is 0.318 e. The normalized spacial score (nSPS) is 12.2. The summed E-state index contributed by atoms with van der Waals surface area (Å²) in [7, 11) is 0. The van der Waals surface area contributed by atoms with E-state index in [9.17, 15) is 9.90 Å². The minimum atomic E-state index is -0.945.